The highest BCUT2D eigenvalue weighted by Crippen LogP contribution is 2.31. The van der Waals surface area contributed by atoms with Gasteiger partial charge in [0.05, 0.1) is 19.9 Å². The predicted molar refractivity (Wildman–Crippen MR) is 58.1 cm³/mol. The normalized spacial score (nSPS) is 12.1. The van der Waals surface area contributed by atoms with Crippen LogP contribution in [-0.4, -0.2) is 22.6 Å². The van der Waals surface area contributed by atoms with Gasteiger partial charge in [-0.15, -0.1) is 0 Å². The van der Waals surface area contributed by atoms with E-state index in [4.69, 9.17) is 4.74 Å². The van der Waals surface area contributed by atoms with Crippen LogP contribution in [0.3, 0.4) is 0 Å². The van der Waals surface area contributed by atoms with Gasteiger partial charge in [-0.1, -0.05) is 24.3 Å². The second-order valence-corrected chi connectivity index (χ2v) is 3.70. The number of hydrogen-bond acceptors (Lipinski definition) is 3. The fourth-order valence-corrected chi connectivity index (χ4v) is 2.06. The van der Waals surface area contributed by atoms with E-state index < -0.39 is 0 Å². The summed E-state index contributed by atoms with van der Waals surface area (Å²) in [6, 6.07) is 8.03. The van der Waals surface area contributed by atoms with Gasteiger partial charge in [0.1, 0.15) is 11.5 Å². The first-order valence-electron chi connectivity index (χ1n) is 5.03. The van der Waals surface area contributed by atoms with Crippen LogP contribution in [0.1, 0.15) is 16.1 Å². The van der Waals surface area contributed by atoms with Gasteiger partial charge < -0.3 is 9.30 Å². The number of fused-ring (bicyclic) bond motifs is 3. The highest BCUT2D eigenvalue weighted by atomic mass is 16.5. The number of ether oxygens (including phenoxy) is 1. The van der Waals surface area contributed by atoms with Crippen molar-refractivity contribution in [1.82, 2.24) is 9.55 Å². The first kappa shape index (κ1) is 9.15. The minimum absolute atomic E-state index is 0.341. The molecule has 2 heterocycles. The van der Waals surface area contributed by atoms with Crippen molar-refractivity contribution in [2.24, 2.45) is 0 Å². The number of esters is 1. The van der Waals surface area contributed by atoms with Gasteiger partial charge in [0, 0.05) is 5.56 Å². The second kappa shape index (κ2) is 3.20. The molecule has 0 radical (unpaired) electrons. The van der Waals surface area contributed by atoms with E-state index in [1.54, 1.807) is 6.20 Å². The van der Waals surface area contributed by atoms with Crippen molar-refractivity contribution in [1.29, 1.82) is 0 Å². The highest BCUT2D eigenvalue weighted by Gasteiger charge is 2.24. The number of imidazole rings is 1. The van der Waals surface area contributed by atoms with Crippen LogP contribution < -0.4 is 0 Å². The van der Waals surface area contributed by atoms with Gasteiger partial charge in [-0.05, 0) is 5.56 Å². The van der Waals surface area contributed by atoms with E-state index >= 15 is 0 Å². The molecule has 0 N–H and O–H groups in total. The van der Waals surface area contributed by atoms with Gasteiger partial charge in [0.25, 0.3) is 0 Å². The zero-order valence-corrected chi connectivity index (χ0v) is 8.80. The molecule has 80 valence electrons. The second-order valence-electron chi connectivity index (χ2n) is 3.70. The van der Waals surface area contributed by atoms with Crippen LogP contribution in [0.25, 0.3) is 11.4 Å². The van der Waals surface area contributed by atoms with Crippen molar-refractivity contribution in [3.8, 4) is 11.4 Å². The van der Waals surface area contributed by atoms with Gasteiger partial charge >= 0.3 is 5.97 Å². The molecule has 16 heavy (non-hydrogen) atoms. The molecule has 4 nitrogen and oxygen atoms in total. The Morgan fingerprint density at radius 2 is 2.25 bits per heavy atom. The SMILES string of the molecule is COC(=O)c1cnc2n1Cc1ccccc1-2. The molecule has 2 aromatic rings. The molecule has 1 aliphatic heterocycles. The van der Waals surface area contributed by atoms with E-state index in [0.29, 0.717) is 12.2 Å². The number of nitrogens with zero attached hydrogens (tertiary/aromatic N) is 2. The largest absolute Gasteiger partial charge is 0.464 e. The van der Waals surface area contributed by atoms with E-state index in [-0.39, 0.29) is 5.97 Å². The molecule has 0 atom stereocenters. The molecule has 0 bridgehead atoms. The van der Waals surface area contributed by atoms with Crippen molar-refractivity contribution < 1.29 is 9.53 Å². The van der Waals surface area contributed by atoms with Gasteiger partial charge in [0.2, 0.25) is 0 Å². The lowest BCUT2D eigenvalue weighted by Crippen LogP contribution is -2.08. The molecule has 0 saturated heterocycles. The summed E-state index contributed by atoms with van der Waals surface area (Å²) in [5.41, 5.74) is 2.79. The summed E-state index contributed by atoms with van der Waals surface area (Å²) in [4.78, 5) is 15.8. The highest BCUT2D eigenvalue weighted by molar-refractivity contribution is 5.89. The maximum Gasteiger partial charge on any atom is 0.356 e. The maximum absolute atomic E-state index is 11.5. The van der Waals surface area contributed by atoms with Crippen molar-refractivity contribution in [3.63, 3.8) is 0 Å². The number of rotatable bonds is 1. The smallest absolute Gasteiger partial charge is 0.356 e. The van der Waals surface area contributed by atoms with Crippen LogP contribution in [-0.2, 0) is 11.3 Å². The van der Waals surface area contributed by atoms with Crippen molar-refractivity contribution >= 4 is 5.97 Å². The molecular weight excluding hydrogens is 204 g/mol. The number of carbonyl (C=O) groups excluding carboxylic acids is 1. The lowest BCUT2D eigenvalue weighted by Gasteiger charge is -2.01. The molecular formula is C12H10N2O2. The fourth-order valence-electron chi connectivity index (χ4n) is 2.06. The molecule has 0 saturated carbocycles. The molecule has 1 aromatic carbocycles. The van der Waals surface area contributed by atoms with Crippen molar-refractivity contribution in [2.45, 2.75) is 6.54 Å². The molecule has 3 rings (SSSR count). The van der Waals surface area contributed by atoms with Crippen LogP contribution in [0, 0.1) is 0 Å². The average molecular weight is 214 g/mol. The fraction of sp³-hybridized carbons (Fsp3) is 0.167. The van der Waals surface area contributed by atoms with Crippen LogP contribution in [0.4, 0.5) is 0 Å². The topological polar surface area (TPSA) is 44.1 Å². The minimum atomic E-state index is -0.341. The molecule has 0 amide bonds. The zero-order valence-electron chi connectivity index (χ0n) is 8.80. The van der Waals surface area contributed by atoms with Crippen molar-refractivity contribution in [2.75, 3.05) is 7.11 Å². The average Bonchev–Trinajstić information content (AvgIpc) is 2.86. The van der Waals surface area contributed by atoms with Crippen molar-refractivity contribution in [3.05, 3.63) is 41.7 Å². The predicted octanol–water partition coefficient (Wildman–Crippen LogP) is 1.70. The van der Waals surface area contributed by atoms with E-state index in [2.05, 4.69) is 4.98 Å². The third-order valence-electron chi connectivity index (χ3n) is 2.84. The Kier molecular flexibility index (Phi) is 1.83. The first-order valence-corrected chi connectivity index (χ1v) is 5.03. The Morgan fingerprint density at radius 1 is 1.44 bits per heavy atom. The summed E-state index contributed by atoms with van der Waals surface area (Å²) in [7, 11) is 1.38. The number of carbonyl (C=O) groups is 1. The number of methoxy groups -OCH3 is 1. The quantitative estimate of drug-likeness (QED) is 0.579. The molecule has 0 aliphatic carbocycles. The Hall–Kier alpha value is -2.10. The Labute approximate surface area is 92.5 Å². The summed E-state index contributed by atoms with van der Waals surface area (Å²) in [6.45, 7) is 0.690. The number of aromatic nitrogens is 2. The van der Waals surface area contributed by atoms with Crippen LogP contribution in [0.15, 0.2) is 30.5 Å². The summed E-state index contributed by atoms with van der Waals surface area (Å²) in [5, 5.41) is 0. The molecule has 0 unspecified atom stereocenters. The van der Waals surface area contributed by atoms with Gasteiger partial charge in [-0.2, -0.15) is 0 Å². The summed E-state index contributed by atoms with van der Waals surface area (Å²) < 4.78 is 6.60. The Morgan fingerprint density at radius 3 is 3.06 bits per heavy atom. The Bertz CT molecular complexity index is 572. The summed E-state index contributed by atoms with van der Waals surface area (Å²) in [6.07, 6.45) is 1.57. The first-order chi connectivity index (χ1) is 7.81. The number of benzene rings is 1. The van der Waals surface area contributed by atoms with Crippen LogP contribution in [0.2, 0.25) is 0 Å². The van der Waals surface area contributed by atoms with E-state index in [9.17, 15) is 4.79 Å². The third kappa shape index (κ3) is 1.10. The van der Waals surface area contributed by atoms with Gasteiger partial charge in [-0.3, -0.25) is 0 Å². The molecule has 4 heteroatoms. The lowest BCUT2D eigenvalue weighted by molar-refractivity contribution is 0.0589. The minimum Gasteiger partial charge on any atom is -0.464 e. The van der Waals surface area contributed by atoms with Crippen LogP contribution in [0.5, 0.6) is 0 Å². The molecule has 1 aromatic heterocycles. The maximum atomic E-state index is 11.5. The van der Waals surface area contributed by atoms with Crippen LogP contribution >= 0.6 is 0 Å². The monoisotopic (exact) mass is 214 g/mol. The van der Waals surface area contributed by atoms with E-state index in [1.807, 2.05) is 28.8 Å². The standard InChI is InChI=1S/C12H10N2O2/c1-16-12(15)10-6-13-11-9-5-3-2-4-8(9)7-14(10)11/h2-6H,7H2,1H3. The molecule has 0 fully saturated rings. The van der Waals surface area contributed by atoms with E-state index in [0.717, 1.165) is 11.4 Å². The number of hydrogen-bond donors (Lipinski definition) is 0. The zero-order chi connectivity index (χ0) is 11.1. The summed E-state index contributed by atoms with van der Waals surface area (Å²) in [5.74, 6) is 0.502. The summed E-state index contributed by atoms with van der Waals surface area (Å²) >= 11 is 0. The lowest BCUT2D eigenvalue weighted by atomic mass is 10.1. The van der Waals surface area contributed by atoms with Gasteiger partial charge in [-0.25, -0.2) is 9.78 Å². The molecule has 0 spiro atoms. The van der Waals surface area contributed by atoms with Gasteiger partial charge in [0.15, 0.2) is 0 Å². The third-order valence-corrected chi connectivity index (χ3v) is 2.84. The molecule has 1 aliphatic rings. The van der Waals surface area contributed by atoms with E-state index in [1.165, 1.54) is 12.7 Å². The Balaban J connectivity index is 2.15.